The maximum atomic E-state index is 3.50. The Balaban J connectivity index is 2.16. The van der Waals surface area contributed by atoms with E-state index in [-0.39, 0.29) is 0 Å². The summed E-state index contributed by atoms with van der Waals surface area (Å²) in [4.78, 5) is 2.68. The van der Waals surface area contributed by atoms with E-state index >= 15 is 0 Å². The van der Waals surface area contributed by atoms with Crippen LogP contribution in [0.25, 0.3) is 0 Å². The van der Waals surface area contributed by atoms with Gasteiger partial charge in [0.15, 0.2) is 0 Å². The first-order valence-electron chi connectivity index (χ1n) is 6.67. The van der Waals surface area contributed by atoms with Crippen LogP contribution in [-0.2, 0) is 0 Å². The van der Waals surface area contributed by atoms with Crippen LogP contribution >= 0.6 is 0 Å². The Bertz CT molecular complexity index is 149. The fourth-order valence-corrected chi connectivity index (χ4v) is 2.30. The SMILES string of the molecule is CC(C)NCCC(C)N1CCCCCC1. The zero-order valence-corrected chi connectivity index (χ0v) is 10.8. The molecule has 1 heterocycles. The van der Waals surface area contributed by atoms with Gasteiger partial charge < -0.3 is 10.2 Å². The lowest BCUT2D eigenvalue weighted by Crippen LogP contribution is -2.37. The summed E-state index contributed by atoms with van der Waals surface area (Å²) in [6, 6.07) is 1.38. The molecular formula is C13H28N2. The van der Waals surface area contributed by atoms with Gasteiger partial charge in [-0.05, 0) is 45.8 Å². The van der Waals surface area contributed by atoms with Gasteiger partial charge in [-0.15, -0.1) is 0 Å². The molecule has 1 rings (SSSR count). The third kappa shape index (κ3) is 5.53. The molecule has 0 bridgehead atoms. The largest absolute Gasteiger partial charge is 0.314 e. The molecule has 15 heavy (non-hydrogen) atoms. The minimum atomic E-state index is 0.626. The van der Waals surface area contributed by atoms with Gasteiger partial charge in [0.2, 0.25) is 0 Å². The van der Waals surface area contributed by atoms with Crippen molar-refractivity contribution in [1.29, 1.82) is 0 Å². The van der Waals surface area contributed by atoms with Gasteiger partial charge in [0, 0.05) is 12.1 Å². The molecule has 0 spiro atoms. The molecule has 2 heteroatoms. The highest BCUT2D eigenvalue weighted by atomic mass is 15.1. The number of hydrogen-bond acceptors (Lipinski definition) is 2. The Morgan fingerprint density at radius 3 is 2.13 bits per heavy atom. The molecule has 1 aliphatic rings. The first kappa shape index (κ1) is 13.0. The molecule has 0 aromatic heterocycles. The molecule has 0 radical (unpaired) electrons. The van der Waals surface area contributed by atoms with Gasteiger partial charge in [-0.1, -0.05) is 26.7 Å². The third-order valence-corrected chi connectivity index (χ3v) is 3.38. The first-order chi connectivity index (χ1) is 7.20. The number of nitrogens with one attached hydrogen (secondary N) is 1. The second kappa shape index (κ2) is 7.24. The summed E-state index contributed by atoms with van der Waals surface area (Å²) < 4.78 is 0. The van der Waals surface area contributed by atoms with Crippen LogP contribution in [0.3, 0.4) is 0 Å². The highest BCUT2D eigenvalue weighted by Gasteiger charge is 2.14. The van der Waals surface area contributed by atoms with Gasteiger partial charge in [-0.3, -0.25) is 0 Å². The lowest BCUT2D eigenvalue weighted by molar-refractivity contribution is 0.205. The zero-order chi connectivity index (χ0) is 11.1. The number of likely N-dealkylation sites (tertiary alicyclic amines) is 1. The Kier molecular flexibility index (Phi) is 6.26. The summed E-state index contributed by atoms with van der Waals surface area (Å²) in [5, 5.41) is 3.50. The highest BCUT2D eigenvalue weighted by molar-refractivity contribution is 4.71. The first-order valence-corrected chi connectivity index (χ1v) is 6.67. The van der Waals surface area contributed by atoms with E-state index < -0.39 is 0 Å². The molecule has 1 unspecified atom stereocenters. The maximum absolute atomic E-state index is 3.50. The Hall–Kier alpha value is -0.0800. The molecule has 1 N–H and O–H groups in total. The smallest absolute Gasteiger partial charge is 0.00790 e. The molecular weight excluding hydrogens is 184 g/mol. The van der Waals surface area contributed by atoms with Crippen molar-refractivity contribution in [3.63, 3.8) is 0 Å². The van der Waals surface area contributed by atoms with Crippen molar-refractivity contribution in [2.75, 3.05) is 19.6 Å². The fraction of sp³-hybridized carbons (Fsp3) is 1.00. The summed E-state index contributed by atoms with van der Waals surface area (Å²) in [7, 11) is 0. The van der Waals surface area contributed by atoms with E-state index in [4.69, 9.17) is 0 Å². The molecule has 1 fully saturated rings. The van der Waals surface area contributed by atoms with Crippen molar-refractivity contribution in [3.05, 3.63) is 0 Å². The highest BCUT2D eigenvalue weighted by Crippen LogP contribution is 2.13. The average Bonchev–Trinajstić information content (AvgIpc) is 2.44. The molecule has 1 atom stereocenters. The summed E-state index contributed by atoms with van der Waals surface area (Å²) in [6.45, 7) is 10.6. The van der Waals surface area contributed by atoms with Gasteiger partial charge in [0.25, 0.3) is 0 Å². The molecule has 0 aromatic rings. The lowest BCUT2D eigenvalue weighted by atomic mass is 10.2. The van der Waals surface area contributed by atoms with Crippen LogP contribution in [0.15, 0.2) is 0 Å². The van der Waals surface area contributed by atoms with Crippen LogP contribution in [0, 0.1) is 0 Å². The van der Waals surface area contributed by atoms with E-state index in [1.807, 2.05) is 0 Å². The van der Waals surface area contributed by atoms with Crippen LogP contribution in [-0.4, -0.2) is 36.6 Å². The summed E-state index contributed by atoms with van der Waals surface area (Å²) in [5.74, 6) is 0. The van der Waals surface area contributed by atoms with Crippen molar-refractivity contribution in [1.82, 2.24) is 10.2 Å². The van der Waals surface area contributed by atoms with Crippen molar-refractivity contribution >= 4 is 0 Å². The minimum absolute atomic E-state index is 0.626. The topological polar surface area (TPSA) is 15.3 Å². The van der Waals surface area contributed by atoms with Gasteiger partial charge >= 0.3 is 0 Å². The van der Waals surface area contributed by atoms with Crippen molar-refractivity contribution in [2.45, 2.75) is 65.0 Å². The Morgan fingerprint density at radius 1 is 1.00 bits per heavy atom. The molecule has 2 nitrogen and oxygen atoms in total. The van der Waals surface area contributed by atoms with E-state index in [2.05, 4.69) is 31.0 Å². The average molecular weight is 212 g/mol. The molecule has 0 aliphatic carbocycles. The predicted octanol–water partition coefficient (Wildman–Crippen LogP) is 2.64. The standard InChI is InChI=1S/C13H28N2/c1-12(2)14-9-8-13(3)15-10-6-4-5-7-11-15/h12-14H,4-11H2,1-3H3. The third-order valence-electron chi connectivity index (χ3n) is 3.38. The van der Waals surface area contributed by atoms with Crippen LogP contribution in [0.5, 0.6) is 0 Å². The molecule has 0 aromatic carbocycles. The number of hydrogen-bond donors (Lipinski definition) is 1. The van der Waals surface area contributed by atoms with E-state index in [0.29, 0.717) is 6.04 Å². The maximum Gasteiger partial charge on any atom is 0.00790 e. The van der Waals surface area contributed by atoms with Crippen LogP contribution < -0.4 is 5.32 Å². The summed E-state index contributed by atoms with van der Waals surface area (Å²) in [6.07, 6.45) is 6.98. The zero-order valence-electron chi connectivity index (χ0n) is 10.8. The second-order valence-electron chi connectivity index (χ2n) is 5.20. The van der Waals surface area contributed by atoms with E-state index in [1.54, 1.807) is 0 Å². The molecule has 1 aliphatic heterocycles. The lowest BCUT2D eigenvalue weighted by Gasteiger charge is -2.27. The molecule has 0 amide bonds. The summed E-state index contributed by atoms with van der Waals surface area (Å²) >= 11 is 0. The predicted molar refractivity (Wildman–Crippen MR) is 67.3 cm³/mol. The monoisotopic (exact) mass is 212 g/mol. The van der Waals surface area contributed by atoms with Crippen LogP contribution in [0.1, 0.15) is 52.9 Å². The van der Waals surface area contributed by atoms with Crippen molar-refractivity contribution in [3.8, 4) is 0 Å². The molecule has 0 saturated carbocycles. The number of nitrogens with zero attached hydrogens (tertiary/aromatic N) is 1. The van der Waals surface area contributed by atoms with Gasteiger partial charge in [0.05, 0.1) is 0 Å². The quantitative estimate of drug-likeness (QED) is 0.753. The van der Waals surface area contributed by atoms with E-state index in [9.17, 15) is 0 Å². The molecule has 90 valence electrons. The number of rotatable bonds is 5. The van der Waals surface area contributed by atoms with Gasteiger partial charge in [-0.25, -0.2) is 0 Å². The van der Waals surface area contributed by atoms with Gasteiger partial charge in [-0.2, -0.15) is 0 Å². The Labute approximate surface area is 95.4 Å². The molecule has 1 saturated heterocycles. The second-order valence-corrected chi connectivity index (χ2v) is 5.20. The minimum Gasteiger partial charge on any atom is -0.314 e. The van der Waals surface area contributed by atoms with Crippen LogP contribution in [0.4, 0.5) is 0 Å². The van der Waals surface area contributed by atoms with E-state index in [0.717, 1.165) is 12.6 Å². The van der Waals surface area contributed by atoms with Crippen molar-refractivity contribution in [2.24, 2.45) is 0 Å². The van der Waals surface area contributed by atoms with Crippen LogP contribution in [0.2, 0.25) is 0 Å². The van der Waals surface area contributed by atoms with E-state index in [1.165, 1.54) is 45.2 Å². The Morgan fingerprint density at radius 2 is 1.60 bits per heavy atom. The fourth-order valence-electron chi connectivity index (χ4n) is 2.30. The normalized spacial score (nSPS) is 21.6. The van der Waals surface area contributed by atoms with Crippen molar-refractivity contribution < 1.29 is 0 Å². The van der Waals surface area contributed by atoms with Gasteiger partial charge in [0.1, 0.15) is 0 Å². The summed E-state index contributed by atoms with van der Waals surface area (Å²) in [5.41, 5.74) is 0.